The molecule has 1 aromatic carbocycles. The first kappa shape index (κ1) is 14.3. The molecule has 0 aliphatic rings. The number of hydrogen-bond donors (Lipinski definition) is 1. The van der Waals surface area contributed by atoms with E-state index in [1.54, 1.807) is 39.0 Å². The average molecular weight is 246 g/mol. The lowest BCUT2D eigenvalue weighted by molar-refractivity contribution is 0.0526. The fraction of sp³-hybridized carbons (Fsp3) is 0.400. The van der Waals surface area contributed by atoms with Crippen LogP contribution in [0.1, 0.15) is 42.3 Å². The molecule has 0 saturated carbocycles. The number of carbonyl (C=O) groups is 1. The van der Waals surface area contributed by atoms with Crippen LogP contribution < -0.4 is 0 Å². The Hall–Kier alpha value is -1.79. The van der Waals surface area contributed by atoms with Crippen LogP contribution in [0.5, 0.6) is 0 Å². The molecular formula is C15H18O3. The van der Waals surface area contributed by atoms with Gasteiger partial charge >= 0.3 is 5.97 Å². The lowest BCUT2D eigenvalue weighted by Gasteiger charge is -2.07. The van der Waals surface area contributed by atoms with Gasteiger partial charge in [-0.1, -0.05) is 11.8 Å². The molecule has 1 rings (SSSR count). The second kappa shape index (κ2) is 5.70. The molecule has 3 heteroatoms. The van der Waals surface area contributed by atoms with Crippen molar-refractivity contribution in [2.24, 2.45) is 0 Å². The third kappa shape index (κ3) is 4.23. The summed E-state index contributed by atoms with van der Waals surface area (Å²) < 4.78 is 4.92. The molecule has 1 N–H and O–H groups in total. The SMILES string of the molecule is CCOC(=O)c1ccc(C#CC(C)(C)O)c(C)c1. The standard InChI is InChI=1S/C15H18O3/c1-5-18-14(16)13-7-6-12(11(2)10-13)8-9-15(3,4)17/h6-7,10,17H,5H2,1-4H3. The number of hydrogen-bond acceptors (Lipinski definition) is 3. The highest BCUT2D eigenvalue weighted by Gasteiger charge is 2.09. The number of esters is 1. The van der Waals surface area contributed by atoms with Crippen LogP contribution >= 0.6 is 0 Å². The maximum absolute atomic E-state index is 11.5. The van der Waals surface area contributed by atoms with E-state index >= 15 is 0 Å². The molecule has 0 fully saturated rings. The van der Waals surface area contributed by atoms with Crippen molar-refractivity contribution in [1.29, 1.82) is 0 Å². The molecule has 0 radical (unpaired) electrons. The second-order valence-corrected chi connectivity index (χ2v) is 4.56. The first-order chi connectivity index (χ1) is 8.33. The summed E-state index contributed by atoms with van der Waals surface area (Å²) in [4.78, 5) is 11.5. The maximum atomic E-state index is 11.5. The Morgan fingerprint density at radius 1 is 1.44 bits per heavy atom. The molecule has 1 aromatic rings. The summed E-state index contributed by atoms with van der Waals surface area (Å²) in [6.45, 7) is 7.26. The normalized spacial score (nSPS) is 10.5. The van der Waals surface area contributed by atoms with Gasteiger partial charge in [-0.15, -0.1) is 0 Å². The Balaban J connectivity index is 2.99. The minimum Gasteiger partial charge on any atom is -0.462 e. The van der Waals surface area contributed by atoms with Gasteiger partial charge in [0.1, 0.15) is 5.60 Å². The van der Waals surface area contributed by atoms with E-state index in [-0.39, 0.29) is 5.97 Å². The summed E-state index contributed by atoms with van der Waals surface area (Å²) in [5, 5.41) is 9.53. The van der Waals surface area contributed by atoms with Gasteiger partial charge < -0.3 is 9.84 Å². The molecular weight excluding hydrogens is 228 g/mol. The van der Waals surface area contributed by atoms with Crippen molar-refractivity contribution in [2.75, 3.05) is 6.61 Å². The van der Waals surface area contributed by atoms with Gasteiger partial charge in [0.05, 0.1) is 12.2 Å². The van der Waals surface area contributed by atoms with E-state index in [4.69, 9.17) is 4.74 Å². The van der Waals surface area contributed by atoms with E-state index in [9.17, 15) is 9.90 Å². The smallest absolute Gasteiger partial charge is 0.338 e. The fourth-order valence-corrected chi connectivity index (χ4v) is 1.37. The van der Waals surface area contributed by atoms with Gasteiger partial charge in [-0.25, -0.2) is 4.79 Å². The predicted molar refractivity (Wildman–Crippen MR) is 70.3 cm³/mol. The van der Waals surface area contributed by atoms with E-state index < -0.39 is 5.60 Å². The van der Waals surface area contributed by atoms with Crippen molar-refractivity contribution in [3.63, 3.8) is 0 Å². The van der Waals surface area contributed by atoms with Crippen LogP contribution in [0.15, 0.2) is 18.2 Å². The first-order valence-electron chi connectivity index (χ1n) is 5.87. The average Bonchev–Trinajstić information content (AvgIpc) is 2.26. The quantitative estimate of drug-likeness (QED) is 0.643. The van der Waals surface area contributed by atoms with Crippen LogP contribution in [0.2, 0.25) is 0 Å². The van der Waals surface area contributed by atoms with Gasteiger partial charge in [0.15, 0.2) is 0 Å². The predicted octanol–water partition coefficient (Wildman–Crippen LogP) is 2.29. The molecule has 0 heterocycles. The van der Waals surface area contributed by atoms with Gasteiger partial charge in [-0.05, 0) is 51.5 Å². The number of ether oxygens (including phenoxy) is 1. The Kier molecular flexibility index (Phi) is 4.52. The molecule has 3 nitrogen and oxygen atoms in total. The summed E-state index contributed by atoms with van der Waals surface area (Å²) >= 11 is 0. The van der Waals surface area contributed by atoms with Crippen LogP contribution in [-0.4, -0.2) is 23.3 Å². The molecule has 18 heavy (non-hydrogen) atoms. The van der Waals surface area contributed by atoms with Crippen LogP contribution in [0.4, 0.5) is 0 Å². The Morgan fingerprint density at radius 3 is 2.61 bits per heavy atom. The summed E-state index contributed by atoms with van der Waals surface area (Å²) in [5.41, 5.74) is 1.18. The molecule has 0 saturated heterocycles. The summed E-state index contributed by atoms with van der Waals surface area (Å²) in [5.74, 6) is 5.31. The van der Waals surface area contributed by atoms with Gasteiger partial charge in [-0.3, -0.25) is 0 Å². The van der Waals surface area contributed by atoms with E-state index in [0.29, 0.717) is 12.2 Å². The third-order valence-corrected chi connectivity index (χ3v) is 2.24. The minimum absolute atomic E-state index is 0.331. The van der Waals surface area contributed by atoms with E-state index in [2.05, 4.69) is 11.8 Å². The van der Waals surface area contributed by atoms with Gasteiger partial charge in [0.2, 0.25) is 0 Å². The van der Waals surface area contributed by atoms with Crippen molar-refractivity contribution in [3.8, 4) is 11.8 Å². The number of aliphatic hydroxyl groups is 1. The monoisotopic (exact) mass is 246 g/mol. The van der Waals surface area contributed by atoms with Crippen LogP contribution in [-0.2, 0) is 4.74 Å². The zero-order chi connectivity index (χ0) is 13.8. The zero-order valence-electron chi connectivity index (χ0n) is 11.2. The topological polar surface area (TPSA) is 46.5 Å². The van der Waals surface area contributed by atoms with Crippen LogP contribution in [0.25, 0.3) is 0 Å². The molecule has 0 aliphatic carbocycles. The largest absolute Gasteiger partial charge is 0.462 e. The Morgan fingerprint density at radius 2 is 2.11 bits per heavy atom. The summed E-state index contributed by atoms with van der Waals surface area (Å²) in [7, 11) is 0. The summed E-state index contributed by atoms with van der Waals surface area (Å²) in [6.07, 6.45) is 0. The van der Waals surface area contributed by atoms with Crippen LogP contribution in [0, 0.1) is 18.8 Å². The van der Waals surface area contributed by atoms with Crippen molar-refractivity contribution in [2.45, 2.75) is 33.3 Å². The van der Waals surface area contributed by atoms with Crippen molar-refractivity contribution < 1.29 is 14.6 Å². The van der Waals surface area contributed by atoms with E-state index in [1.165, 1.54) is 0 Å². The van der Waals surface area contributed by atoms with E-state index in [0.717, 1.165) is 11.1 Å². The number of carbonyl (C=O) groups excluding carboxylic acids is 1. The number of aryl methyl sites for hydroxylation is 1. The molecule has 0 aliphatic heterocycles. The lowest BCUT2D eigenvalue weighted by atomic mass is 10.0. The maximum Gasteiger partial charge on any atom is 0.338 e. The Bertz CT molecular complexity index is 499. The van der Waals surface area contributed by atoms with Crippen molar-refractivity contribution >= 4 is 5.97 Å². The third-order valence-electron chi connectivity index (χ3n) is 2.24. The number of rotatable bonds is 2. The Labute approximate surface area is 108 Å². The van der Waals surface area contributed by atoms with Crippen molar-refractivity contribution in [3.05, 3.63) is 34.9 Å². The molecule has 0 amide bonds. The lowest BCUT2D eigenvalue weighted by Crippen LogP contribution is -2.14. The highest BCUT2D eigenvalue weighted by molar-refractivity contribution is 5.89. The molecule has 0 atom stereocenters. The van der Waals surface area contributed by atoms with E-state index in [1.807, 2.05) is 6.92 Å². The number of benzene rings is 1. The van der Waals surface area contributed by atoms with Gasteiger partial charge in [0.25, 0.3) is 0 Å². The highest BCUT2D eigenvalue weighted by Crippen LogP contribution is 2.12. The molecule has 96 valence electrons. The fourth-order valence-electron chi connectivity index (χ4n) is 1.37. The molecule has 0 bridgehead atoms. The van der Waals surface area contributed by atoms with Gasteiger partial charge in [0, 0.05) is 5.56 Å². The zero-order valence-corrected chi connectivity index (χ0v) is 11.2. The highest BCUT2D eigenvalue weighted by atomic mass is 16.5. The van der Waals surface area contributed by atoms with Gasteiger partial charge in [-0.2, -0.15) is 0 Å². The molecule has 0 aromatic heterocycles. The minimum atomic E-state index is -1.02. The molecule has 0 unspecified atom stereocenters. The van der Waals surface area contributed by atoms with Crippen molar-refractivity contribution in [1.82, 2.24) is 0 Å². The van der Waals surface area contributed by atoms with Crippen LogP contribution in [0.3, 0.4) is 0 Å². The second-order valence-electron chi connectivity index (χ2n) is 4.56. The summed E-state index contributed by atoms with van der Waals surface area (Å²) in [6, 6.07) is 5.19. The molecule has 0 spiro atoms. The first-order valence-corrected chi connectivity index (χ1v) is 5.87.